The van der Waals surface area contributed by atoms with Crippen LogP contribution in [-0.2, 0) is 6.42 Å². The lowest BCUT2D eigenvalue weighted by atomic mass is 10.1. The lowest BCUT2D eigenvalue weighted by Crippen LogP contribution is -2.28. The molecule has 0 saturated heterocycles. The molecule has 1 rings (SSSR count). The summed E-state index contributed by atoms with van der Waals surface area (Å²) in [5.41, 5.74) is 1.29. The van der Waals surface area contributed by atoms with E-state index in [1.807, 2.05) is 12.1 Å². The van der Waals surface area contributed by atoms with Gasteiger partial charge in [0.1, 0.15) is 5.75 Å². The summed E-state index contributed by atoms with van der Waals surface area (Å²) in [4.78, 5) is 0. The van der Waals surface area contributed by atoms with Crippen molar-refractivity contribution < 1.29 is 4.74 Å². The highest BCUT2D eigenvalue weighted by Crippen LogP contribution is 2.12. The quantitative estimate of drug-likeness (QED) is 0.737. The van der Waals surface area contributed by atoms with E-state index in [-0.39, 0.29) is 0 Å². The highest BCUT2D eigenvalue weighted by atomic mass is 16.5. The Morgan fingerprint density at radius 2 is 2.07 bits per heavy atom. The Morgan fingerprint density at radius 1 is 1.40 bits per heavy atom. The average molecular weight is 203 g/mol. The minimum Gasteiger partial charge on any atom is -0.497 e. The van der Waals surface area contributed by atoms with E-state index in [1.165, 1.54) is 5.56 Å². The van der Waals surface area contributed by atoms with Crippen molar-refractivity contribution in [3.8, 4) is 18.1 Å². The van der Waals surface area contributed by atoms with E-state index in [0.29, 0.717) is 12.6 Å². The van der Waals surface area contributed by atoms with Crippen LogP contribution in [0.15, 0.2) is 24.3 Å². The fourth-order valence-electron chi connectivity index (χ4n) is 1.42. The Hall–Kier alpha value is -1.46. The second kappa shape index (κ2) is 6.10. The fourth-order valence-corrected chi connectivity index (χ4v) is 1.42. The van der Waals surface area contributed by atoms with E-state index in [4.69, 9.17) is 11.2 Å². The van der Waals surface area contributed by atoms with Crippen LogP contribution in [-0.4, -0.2) is 19.7 Å². The highest BCUT2D eigenvalue weighted by molar-refractivity contribution is 5.27. The number of nitrogens with one attached hydrogen (secondary N) is 1. The normalized spacial score (nSPS) is 11.8. The number of hydrogen-bond donors (Lipinski definition) is 1. The van der Waals surface area contributed by atoms with E-state index < -0.39 is 0 Å². The lowest BCUT2D eigenvalue weighted by molar-refractivity contribution is 0.414. The van der Waals surface area contributed by atoms with Gasteiger partial charge in [0.2, 0.25) is 0 Å². The van der Waals surface area contributed by atoms with Gasteiger partial charge in [-0.1, -0.05) is 18.1 Å². The monoisotopic (exact) mass is 203 g/mol. The standard InChI is InChI=1S/C13H17NO/c1-4-9-14-11(2)10-12-5-7-13(15-3)8-6-12/h1,5-8,11,14H,9-10H2,2-3H3/t11-/m1/s1. The molecular weight excluding hydrogens is 186 g/mol. The topological polar surface area (TPSA) is 21.3 Å². The predicted molar refractivity (Wildman–Crippen MR) is 63.0 cm³/mol. The minimum atomic E-state index is 0.398. The van der Waals surface area contributed by atoms with Crippen molar-refractivity contribution in [2.45, 2.75) is 19.4 Å². The van der Waals surface area contributed by atoms with E-state index in [1.54, 1.807) is 7.11 Å². The van der Waals surface area contributed by atoms with Crippen LogP contribution in [0.4, 0.5) is 0 Å². The number of methoxy groups -OCH3 is 1. The van der Waals surface area contributed by atoms with Crippen LogP contribution in [0.3, 0.4) is 0 Å². The highest BCUT2D eigenvalue weighted by Gasteiger charge is 2.01. The van der Waals surface area contributed by atoms with Gasteiger partial charge in [-0.3, -0.25) is 0 Å². The molecule has 0 heterocycles. The zero-order valence-electron chi connectivity index (χ0n) is 9.29. The molecule has 1 aromatic carbocycles. The molecule has 0 aliphatic carbocycles. The molecule has 0 fully saturated rings. The van der Waals surface area contributed by atoms with Crippen LogP contribution in [0.1, 0.15) is 12.5 Å². The summed E-state index contributed by atoms with van der Waals surface area (Å²) in [6, 6.07) is 8.50. The predicted octanol–water partition coefficient (Wildman–Crippen LogP) is 1.85. The molecule has 1 atom stereocenters. The van der Waals surface area contributed by atoms with Gasteiger partial charge in [0, 0.05) is 6.04 Å². The van der Waals surface area contributed by atoms with Crippen molar-refractivity contribution in [1.29, 1.82) is 0 Å². The molecule has 0 amide bonds. The molecule has 1 N–H and O–H groups in total. The molecule has 2 nitrogen and oxygen atoms in total. The fraction of sp³-hybridized carbons (Fsp3) is 0.385. The Morgan fingerprint density at radius 3 is 2.60 bits per heavy atom. The van der Waals surface area contributed by atoms with Gasteiger partial charge in [0.25, 0.3) is 0 Å². The first-order chi connectivity index (χ1) is 7.26. The van der Waals surface area contributed by atoms with Gasteiger partial charge in [-0.2, -0.15) is 0 Å². The molecule has 0 spiro atoms. The van der Waals surface area contributed by atoms with Gasteiger partial charge < -0.3 is 10.1 Å². The van der Waals surface area contributed by atoms with Gasteiger partial charge in [0.15, 0.2) is 0 Å². The number of terminal acetylenes is 1. The first-order valence-corrected chi connectivity index (χ1v) is 5.06. The minimum absolute atomic E-state index is 0.398. The molecule has 2 heteroatoms. The Balaban J connectivity index is 2.46. The van der Waals surface area contributed by atoms with Crippen LogP contribution < -0.4 is 10.1 Å². The van der Waals surface area contributed by atoms with Gasteiger partial charge in [-0.05, 0) is 31.0 Å². The smallest absolute Gasteiger partial charge is 0.118 e. The van der Waals surface area contributed by atoms with Crippen molar-refractivity contribution in [1.82, 2.24) is 5.32 Å². The third-order valence-corrected chi connectivity index (χ3v) is 2.25. The first kappa shape index (κ1) is 11.6. The molecule has 0 aliphatic rings. The molecule has 0 aromatic heterocycles. The largest absolute Gasteiger partial charge is 0.497 e. The second-order valence-corrected chi connectivity index (χ2v) is 3.54. The summed E-state index contributed by atoms with van der Waals surface area (Å²) in [6.45, 7) is 2.75. The van der Waals surface area contributed by atoms with E-state index in [9.17, 15) is 0 Å². The maximum atomic E-state index is 5.18. The maximum absolute atomic E-state index is 5.18. The average Bonchev–Trinajstić information content (AvgIpc) is 2.27. The molecule has 1 aromatic rings. The maximum Gasteiger partial charge on any atom is 0.118 e. The summed E-state index contributed by atoms with van der Waals surface area (Å²) in [5, 5.41) is 3.24. The van der Waals surface area contributed by atoms with Crippen molar-refractivity contribution >= 4 is 0 Å². The molecule has 0 bridgehead atoms. The van der Waals surface area contributed by atoms with Crippen LogP contribution in [0.5, 0.6) is 5.75 Å². The van der Waals surface area contributed by atoms with Crippen LogP contribution in [0.2, 0.25) is 0 Å². The van der Waals surface area contributed by atoms with E-state index in [0.717, 1.165) is 12.2 Å². The zero-order valence-corrected chi connectivity index (χ0v) is 9.29. The van der Waals surface area contributed by atoms with Gasteiger partial charge in [-0.15, -0.1) is 6.42 Å². The zero-order chi connectivity index (χ0) is 11.1. The van der Waals surface area contributed by atoms with Crippen LogP contribution >= 0.6 is 0 Å². The lowest BCUT2D eigenvalue weighted by Gasteiger charge is -2.11. The second-order valence-electron chi connectivity index (χ2n) is 3.54. The molecule has 80 valence electrons. The van der Waals surface area contributed by atoms with Gasteiger partial charge in [0.05, 0.1) is 13.7 Å². The molecule has 0 radical (unpaired) electrons. The molecule has 0 saturated carbocycles. The number of benzene rings is 1. The summed E-state index contributed by atoms with van der Waals surface area (Å²) in [5.74, 6) is 3.46. The third-order valence-electron chi connectivity index (χ3n) is 2.25. The summed E-state index contributed by atoms with van der Waals surface area (Å²) < 4.78 is 5.10. The summed E-state index contributed by atoms with van der Waals surface area (Å²) >= 11 is 0. The van der Waals surface area contributed by atoms with Gasteiger partial charge >= 0.3 is 0 Å². The molecule has 15 heavy (non-hydrogen) atoms. The van der Waals surface area contributed by atoms with E-state index >= 15 is 0 Å². The molecule has 0 unspecified atom stereocenters. The van der Waals surface area contributed by atoms with Crippen molar-refractivity contribution in [2.75, 3.05) is 13.7 Å². The van der Waals surface area contributed by atoms with Gasteiger partial charge in [-0.25, -0.2) is 0 Å². The van der Waals surface area contributed by atoms with E-state index in [2.05, 4.69) is 30.3 Å². The number of rotatable bonds is 5. The molecular formula is C13H17NO. The summed E-state index contributed by atoms with van der Waals surface area (Å²) in [6.07, 6.45) is 6.16. The Labute approximate surface area is 91.6 Å². The summed E-state index contributed by atoms with van der Waals surface area (Å²) in [7, 11) is 1.67. The van der Waals surface area contributed by atoms with Crippen LogP contribution in [0.25, 0.3) is 0 Å². The van der Waals surface area contributed by atoms with Crippen molar-refractivity contribution in [3.05, 3.63) is 29.8 Å². The van der Waals surface area contributed by atoms with Crippen LogP contribution in [0, 0.1) is 12.3 Å². The first-order valence-electron chi connectivity index (χ1n) is 5.06. The molecule has 0 aliphatic heterocycles. The third kappa shape index (κ3) is 4.05. The SMILES string of the molecule is C#CCN[C@H](C)Cc1ccc(OC)cc1. The van der Waals surface area contributed by atoms with Crippen molar-refractivity contribution in [3.63, 3.8) is 0 Å². The van der Waals surface area contributed by atoms with Crippen molar-refractivity contribution in [2.24, 2.45) is 0 Å². The number of hydrogen-bond acceptors (Lipinski definition) is 2. The Kier molecular flexibility index (Phi) is 4.73. The number of ether oxygens (including phenoxy) is 1. The Bertz CT molecular complexity index is 323.